The first-order valence-electron chi connectivity index (χ1n) is 9.08. The van der Waals surface area contributed by atoms with E-state index >= 15 is 0 Å². The number of aryl methyl sites for hydroxylation is 2. The molecule has 1 aliphatic rings. The third kappa shape index (κ3) is 3.38. The van der Waals surface area contributed by atoms with Crippen molar-refractivity contribution in [2.45, 2.75) is 20.4 Å². The Bertz CT molecular complexity index is 859. The Hall–Kier alpha value is -2.39. The fourth-order valence-electron chi connectivity index (χ4n) is 3.90. The topological polar surface area (TPSA) is 19.4 Å². The van der Waals surface area contributed by atoms with Crippen molar-refractivity contribution in [3.05, 3.63) is 71.4 Å². The Kier molecular flexibility index (Phi) is 4.41. The largest absolute Gasteiger partial charge is 0.369 e. The van der Waals surface area contributed by atoms with Gasteiger partial charge in [-0.05, 0) is 42.7 Å². The minimum atomic E-state index is 0.985. The van der Waals surface area contributed by atoms with Crippen LogP contribution in [0.1, 0.15) is 16.7 Å². The predicted octanol–water partition coefficient (Wildman–Crippen LogP) is 4.17. The molecule has 0 unspecified atom stereocenters. The molecule has 0 aliphatic carbocycles. The molecule has 3 heteroatoms. The second-order valence-electron chi connectivity index (χ2n) is 7.04. The summed E-state index contributed by atoms with van der Waals surface area (Å²) in [6, 6.07) is 17.2. The minimum absolute atomic E-state index is 0.985. The zero-order chi connectivity index (χ0) is 17.2. The first-order valence-corrected chi connectivity index (χ1v) is 9.08. The van der Waals surface area contributed by atoms with Crippen LogP contribution in [0.2, 0.25) is 0 Å². The molecule has 0 bridgehead atoms. The van der Waals surface area contributed by atoms with Crippen LogP contribution in [0.3, 0.4) is 0 Å². The summed E-state index contributed by atoms with van der Waals surface area (Å²) in [7, 11) is 0. The summed E-state index contributed by atoms with van der Waals surface area (Å²) in [4.78, 5) is 9.67. The van der Waals surface area contributed by atoms with Gasteiger partial charge in [0.2, 0.25) is 0 Å². The quantitative estimate of drug-likeness (QED) is 0.718. The zero-order valence-corrected chi connectivity index (χ0v) is 15.1. The van der Waals surface area contributed by atoms with E-state index in [9.17, 15) is 0 Å². The molecular formula is C22H25N3. The minimum Gasteiger partial charge on any atom is -0.369 e. The number of nitrogens with zero attached hydrogens (tertiary/aromatic N) is 3. The van der Waals surface area contributed by atoms with Gasteiger partial charge in [-0.25, -0.2) is 0 Å². The van der Waals surface area contributed by atoms with E-state index in [4.69, 9.17) is 0 Å². The number of aromatic nitrogens is 1. The molecule has 25 heavy (non-hydrogen) atoms. The lowest BCUT2D eigenvalue weighted by atomic mass is 10.1. The van der Waals surface area contributed by atoms with Crippen molar-refractivity contribution >= 4 is 16.6 Å². The van der Waals surface area contributed by atoms with Crippen LogP contribution in [0, 0.1) is 13.8 Å². The van der Waals surface area contributed by atoms with Gasteiger partial charge in [-0.3, -0.25) is 9.88 Å². The number of fused-ring (bicyclic) bond motifs is 1. The monoisotopic (exact) mass is 331 g/mol. The van der Waals surface area contributed by atoms with Crippen LogP contribution in [0.4, 0.5) is 5.69 Å². The molecule has 2 aromatic carbocycles. The van der Waals surface area contributed by atoms with Crippen molar-refractivity contribution in [1.82, 2.24) is 9.88 Å². The normalized spacial score (nSPS) is 15.7. The van der Waals surface area contributed by atoms with Gasteiger partial charge < -0.3 is 4.90 Å². The predicted molar refractivity (Wildman–Crippen MR) is 105 cm³/mol. The van der Waals surface area contributed by atoms with Gasteiger partial charge in [0, 0.05) is 50.0 Å². The molecule has 128 valence electrons. The standard InChI is InChI=1S/C22H25N3/c1-17-6-5-7-18(2)22(17)25-12-10-24(11-13-25)16-19-14-20-8-3-4-9-21(20)23-15-19/h3-9,14-15H,10-13,16H2,1-2H3. The molecule has 4 rings (SSSR count). The molecule has 1 saturated heterocycles. The number of para-hydroxylation sites is 2. The van der Waals surface area contributed by atoms with E-state index in [0.29, 0.717) is 0 Å². The van der Waals surface area contributed by atoms with Crippen LogP contribution in [-0.2, 0) is 6.54 Å². The molecule has 0 radical (unpaired) electrons. The lowest BCUT2D eigenvalue weighted by Gasteiger charge is -2.37. The molecule has 0 saturated carbocycles. The summed E-state index contributed by atoms with van der Waals surface area (Å²) in [5.74, 6) is 0. The zero-order valence-electron chi connectivity index (χ0n) is 15.1. The fraction of sp³-hybridized carbons (Fsp3) is 0.318. The maximum atomic E-state index is 4.60. The van der Waals surface area contributed by atoms with Gasteiger partial charge in [0.25, 0.3) is 0 Å². The van der Waals surface area contributed by atoms with Gasteiger partial charge in [-0.15, -0.1) is 0 Å². The Morgan fingerprint density at radius 1 is 0.880 bits per heavy atom. The van der Waals surface area contributed by atoms with E-state index in [1.807, 2.05) is 12.3 Å². The molecule has 3 nitrogen and oxygen atoms in total. The summed E-state index contributed by atoms with van der Waals surface area (Å²) in [5, 5.41) is 1.23. The molecule has 3 aromatic rings. The summed E-state index contributed by atoms with van der Waals surface area (Å²) < 4.78 is 0. The van der Waals surface area contributed by atoms with E-state index in [1.165, 1.54) is 27.8 Å². The van der Waals surface area contributed by atoms with Crippen LogP contribution in [-0.4, -0.2) is 36.1 Å². The van der Waals surface area contributed by atoms with Crippen LogP contribution in [0.25, 0.3) is 10.9 Å². The average molecular weight is 331 g/mol. The number of pyridine rings is 1. The van der Waals surface area contributed by atoms with Crippen molar-refractivity contribution in [2.24, 2.45) is 0 Å². The number of anilines is 1. The van der Waals surface area contributed by atoms with E-state index in [1.54, 1.807) is 0 Å². The SMILES string of the molecule is Cc1cccc(C)c1N1CCN(Cc2cnc3ccccc3c2)CC1. The maximum Gasteiger partial charge on any atom is 0.0702 e. The van der Waals surface area contributed by atoms with Crippen molar-refractivity contribution in [3.8, 4) is 0 Å². The number of benzene rings is 2. The van der Waals surface area contributed by atoms with E-state index in [-0.39, 0.29) is 0 Å². The molecule has 1 fully saturated rings. The third-order valence-electron chi connectivity index (χ3n) is 5.18. The highest BCUT2D eigenvalue weighted by atomic mass is 15.3. The molecule has 1 aromatic heterocycles. The highest BCUT2D eigenvalue weighted by Gasteiger charge is 2.19. The molecule has 0 N–H and O–H groups in total. The second kappa shape index (κ2) is 6.85. The van der Waals surface area contributed by atoms with Gasteiger partial charge >= 0.3 is 0 Å². The van der Waals surface area contributed by atoms with Crippen LogP contribution in [0.5, 0.6) is 0 Å². The van der Waals surface area contributed by atoms with E-state index in [2.05, 4.69) is 71.1 Å². The van der Waals surface area contributed by atoms with Crippen LogP contribution >= 0.6 is 0 Å². The summed E-state index contributed by atoms with van der Waals surface area (Å²) in [6.07, 6.45) is 2.03. The molecule has 0 amide bonds. The van der Waals surface area contributed by atoms with E-state index < -0.39 is 0 Å². The fourth-order valence-corrected chi connectivity index (χ4v) is 3.90. The molecule has 1 aliphatic heterocycles. The van der Waals surface area contributed by atoms with Gasteiger partial charge in [0.15, 0.2) is 0 Å². The first-order chi connectivity index (χ1) is 12.2. The van der Waals surface area contributed by atoms with Gasteiger partial charge in [0.1, 0.15) is 0 Å². The van der Waals surface area contributed by atoms with Crippen LogP contribution < -0.4 is 4.90 Å². The lowest BCUT2D eigenvalue weighted by molar-refractivity contribution is 0.249. The van der Waals surface area contributed by atoms with Gasteiger partial charge in [-0.1, -0.05) is 36.4 Å². The Balaban J connectivity index is 1.43. The Morgan fingerprint density at radius 2 is 1.60 bits per heavy atom. The first kappa shape index (κ1) is 16.1. The smallest absolute Gasteiger partial charge is 0.0702 e. The number of hydrogen-bond donors (Lipinski definition) is 0. The molecular weight excluding hydrogens is 306 g/mol. The average Bonchev–Trinajstić information content (AvgIpc) is 2.63. The highest BCUT2D eigenvalue weighted by molar-refractivity contribution is 5.78. The molecule has 0 atom stereocenters. The van der Waals surface area contributed by atoms with Gasteiger partial charge in [0.05, 0.1) is 5.52 Å². The van der Waals surface area contributed by atoms with Gasteiger partial charge in [-0.2, -0.15) is 0 Å². The molecule has 2 heterocycles. The van der Waals surface area contributed by atoms with E-state index in [0.717, 1.165) is 38.2 Å². The Labute approximate surface area is 149 Å². The van der Waals surface area contributed by atoms with Crippen molar-refractivity contribution in [3.63, 3.8) is 0 Å². The third-order valence-corrected chi connectivity index (χ3v) is 5.18. The van der Waals surface area contributed by atoms with Crippen LogP contribution in [0.15, 0.2) is 54.7 Å². The number of hydrogen-bond acceptors (Lipinski definition) is 3. The van der Waals surface area contributed by atoms with Crippen molar-refractivity contribution < 1.29 is 0 Å². The van der Waals surface area contributed by atoms with Crippen molar-refractivity contribution in [1.29, 1.82) is 0 Å². The maximum absolute atomic E-state index is 4.60. The second-order valence-corrected chi connectivity index (χ2v) is 7.04. The number of rotatable bonds is 3. The lowest BCUT2D eigenvalue weighted by Crippen LogP contribution is -2.46. The van der Waals surface area contributed by atoms with Crippen molar-refractivity contribution in [2.75, 3.05) is 31.1 Å². The Morgan fingerprint density at radius 3 is 2.36 bits per heavy atom. The summed E-state index contributed by atoms with van der Waals surface area (Å²) in [6.45, 7) is 9.80. The highest BCUT2D eigenvalue weighted by Crippen LogP contribution is 2.26. The molecule has 0 spiro atoms. The summed E-state index contributed by atoms with van der Waals surface area (Å²) in [5.41, 5.74) is 6.57. The summed E-state index contributed by atoms with van der Waals surface area (Å²) >= 11 is 0. The number of piperazine rings is 1.